The van der Waals surface area contributed by atoms with E-state index in [0.29, 0.717) is 11.1 Å². The summed E-state index contributed by atoms with van der Waals surface area (Å²) in [5, 5.41) is 5.49. The van der Waals surface area contributed by atoms with Crippen LogP contribution in [0.1, 0.15) is 11.1 Å². The Balaban J connectivity index is 2.05. The molecule has 0 aromatic heterocycles. The van der Waals surface area contributed by atoms with Gasteiger partial charge in [0.1, 0.15) is 0 Å². The number of amidine groups is 1. The molecule has 0 radical (unpaired) electrons. The Kier molecular flexibility index (Phi) is 4.34. The van der Waals surface area contributed by atoms with Crippen LogP contribution < -0.4 is 5.32 Å². The lowest BCUT2D eigenvalue weighted by molar-refractivity contribution is -0.218. The fourth-order valence-electron chi connectivity index (χ4n) is 1.70. The summed E-state index contributed by atoms with van der Waals surface area (Å²) in [7, 11) is -1.86. The van der Waals surface area contributed by atoms with Crippen LogP contribution in [0.25, 0.3) is 0 Å². The summed E-state index contributed by atoms with van der Waals surface area (Å²) >= 11 is 0. The highest BCUT2D eigenvalue weighted by molar-refractivity contribution is 7.88. The maximum absolute atomic E-state index is 12.4. The van der Waals surface area contributed by atoms with Crippen LogP contribution >= 0.6 is 0 Å². The van der Waals surface area contributed by atoms with Gasteiger partial charge in [-0.1, -0.05) is 29.4 Å². The summed E-state index contributed by atoms with van der Waals surface area (Å²) in [5.41, 5.74) is 1.11. The van der Waals surface area contributed by atoms with Crippen molar-refractivity contribution in [1.82, 2.24) is 9.62 Å². The van der Waals surface area contributed by atoms with E-state index in [1.165, 1.54) is 7.05 Å². The molecule has 122 valence electrons. The molecule has 2 rings (SSSR count). The zero-order valence-electron chi connectivity index (χ0n) is 11.8. The van der Waals surface area contributed by atoms with Crippen molar-refractivity contribution in [2.24, 2.45) is 5.16 Å². The van der Waals surface area contributed by atoms with E-state index >= 15 is 0 Å². The predicted molar refractivity (Wildman–Crippen MR) is 73.4 cm³/mol. The van der Waals surface area contributed by atoms with Gasteiger partial charge in [-0.3, -0.25) is 0 Å². The molecule has 0 fully saturated rings. The lowest BCUT2D eigenvalue weighted by Crippen LogP contribution is -2.41. The van der Waals surface area contributed by atoms with Crippen molar-refractivity contribution in [3.8, 4) is 0 Å². The van der Waals surface area contributed by atoms with Gasteiger partial charge >= 0.3 is 6.18 Å². The number of alkyl halides is 3. The van der Waals surface area contributed by atoms with Crippen LogP contribution in [0, 0.1) is 0 Å². The highest BCUT2D eigenvalue weighted by Crippen LogP contribution is 2.24. The first-order chi connectivity index (χ1) is 10.1. The van der Waals surface area contributed by atoms with E-state index in [1.807, 2.05) is 0 Å². The second kappa shape index (κ2) is 5.76. The summed E-state index contributed by atoms with van der Waals surface area (Å²) in [6, 6.07) is 6.31. The molecule has 0 amide bonds. The molecule has 1 atom stereocenters. The van der Waals surface area contributed by atoms with Crippen molar-refractivity contribution in [3.63, 3.8) is 0 Å². The minimum atomic E-state index is -4.55. The second-order valence-corrected chi connectivity index (χ2v) is 6.92. The molecule has 1 heterocycles. The van der Waals surface area contributed by atoms with Crippen molar-refractivity contribution in [2.75, 3.05) is 13.3 Å². The summed E-state index contributed by atoms with van der Waals surface area (Å²) in [6.07, 6.45) is -5.62. The number of halogens is 3. The average Bonchev–Trinajstić information content (AvgIpc) is 2.88. The molecule has 1 unspecified atom stereocenters. The first kappa shape index (κ1) is 16.6. The topological polar surface area (TPSA) is 71.0 Å². The Morgan fingerprint density at radius 2 is 1.91 bits per heavy atom. The van der Waals surface area contributed by atoms with Crippen LogP contribution in [0.2, 0.25) is 0 Å². The van der Waals surface area contributed by atoms with Crippen molar-refractivity contribution >= 4 is 15.9 Å². The molecule has 0 saturated heterocycles. The number of benzene rings is 1. The molecule has 0 saturated carbocycles. The minimum Gasteiger partial charge on any atom is -0.359 e. The smallest absolute Gasteiger partial charge is 0.359 e. The number of rotatable bonds is 4. The first-order valence-corrected chi connectivity index (χ1v) is 8.00. The zero-order valence-corrected chi connectivity index (χ0v) is 12.6. The summed E-state index contributed by atoms with van der Waals surface area (Å²) in [5.74, 6) is -0.0228. The molecule has 22 heavy (non-hydrogen) atoms. The Bertz CT molecular complexity index is 671. The summed E-state index contributed by atoms with van der Waals surface area (Å²) < 4.78 is 61.1. The molecule has 6 nitrogen and oxygen atoms in total. The normalized spacial score (nSPS) is 18.8. The number of hydrogen-bond acceptors (Lipinski definition) is 5. The van der Waals surface area contributed by atoms with E-state index in [2.05, 4.69) is 15.3 Å². The summed E-state index contributed by atoms with van der Waals surface area (Å²) in [6.45, 7) is 0.167. The molecule has 0 aliphatic carbocycles. The third-order valence-corrected chi connectivity index (χ3v) is 4.27. The highest BCUT2D eigenvalue weighted by atomic mass is 32.2. The van der Waals surface area contributed by atoms with E-state index in [0.717, 1.165) is 10.6 Å². The van der Waals surface area contributed by atoms with E-state index in [1.54, 1.807) is 24.3 Å². The highest BCUT2D eigenvalue weighted by Gasteiger charge is 2.45. The zero-order chi connectivity index (χ0) is 16.5. The van der Waals surface area contributed by atoms with E-state index < -0.39 is 22.4 Å². The van der Waals surface area contributed by atoms with Crippen molar-refractivity contribution in [3.05, 3.63) is 35.4 Å². The van der Waals surface area contributed by atoms with Crippen molar-refractivity contribution in [1.29, 1.82) is 0 Å². The number of nitrogens with one attached hydrogen (secondary N) is 1. The van der Waals surface area contributed by atoms with Gasteiger partial charge in [-0.25, -0.2) is 12.7 Å². The Morgan fingerprint density at radius 3 is 2.36 bits per heavy atom. The van der Waals surface area contributed by atoms with E-state index in [9.17, 15) is 21.6 Å². The SMILES string of the molecule is CN(Cc1ccc(C2=NOC(C(F)(F)F)N2)cc1)S(C)(=O)=O. The van der Waals surface area contributed by atoms with Gasteiger partial charge in [-0.05, 0) is 5.56 Å². The van der Waals surface area contributed by atoms with Crippen LogP contribution in [0.15, 0.2) is 29.4 Å². The quantitative estimate of drug-likeness (QED) is 0.898. The monoisotopic (exact) mass is 337 g/mol. The molecule has 1 aromatic rings. The van der Waals surface area contributed by atoms with Crippen molar-refractivity contribution < 1.29 is 26.4 Å². The fraction of sp³-hybridized carbons (Fsp3) is 0.417. The van der Waals surface area contributed by atoms with Gasteiger partial charge in [0.2, 0.25) is 10.0 Å². The van der Waals surface area contributed by atoms with Crippen LogP contribution in [-0.4, -0.2) is 44.3 Å². The average molecular weight is 337 g/mol. The molecule has 1 aromatic carbocycles. The number of oxime groups is 1. The fourth-order valence-corrected chi connectivity index (χ4v) is 2.09. The van der Waals surface area contributed by atoms with E-state index in [-0.39, 0.29) is 12.4 Å². The van der Waals surface area contributed by atoms with Gasteiger partial charge in [0.05, 0.1) is 6.26 Å². The molecule has 1 N–H and O–H groups in total. The van der Waals surface area contributed by atoms with Gasteiger partial charge < -0.3 is 10.2 Å². The largest absolute Gasteiger partial charge is 0.448 e. The van der Waals surface area contributed by atoms with Gasteiger partial charge in [0.25, 0.3) is 6.23 Å². The molecule has 1 aliphatic heterocycles. The van der Waals surface area contributed by atoms with Crippen molar-refractivity contribution in [2.45, 2.75) is 18.9 Å². The first-order valence-electron chi connectivity index (χ1n) is 6.15. The van der Waals surface area contributed by atoms with Crippen LogP contribution in [0.5, 0.6) is 0 Å². The molecular weight excluding hydrogens is 323 g/mol. The molecule has 0 bridgehead atoms. The maximum Gasteiger partial charge on any atom is 0.448 e. The Morgan fingerprint density at radius 1 is 1.32 bits per heavy atom. The number of hydrogen-bond donors (Lipinski definition) is 1. The van der Waals surface area contributed by atoms with Gasteiger partial charge in [-0.2, -0.15) is 13.2 Å². The maximum atomic E-state index is 12.4. The van der Waals surface area contributed by atoms with Crippen LogP contribution in [-0.2, 0) is 21.4 Å². The molecular formula is C12H14F3N3O3S. The summed E-state index contributed by atoms with van der Waals surface area (Å²) in [4.78, 5) is 4.29. The second-order valence-electron chi connectivity index (χ2n) is 4.83. The third kappa shape index (κ3) is 3.89. The number of sulfonamides is 1. The van der Waals surface area contributed by atoms with Gasteiger partial charge in [-0.15, -0.1) is 0 Å². The van der Waals surface area contributed by atoms with Crippen LogP contribution in [0.3, 0.4) is 0 Å². The Labute approximate surface area is 125 Å². The minimum absolute atomic E-state index is 0.0228. The van der Waals surface area contributed by atoms with Gasteiger partial charge in [0.15, 0.2) is 5.84 Å². The number of nitrogens with zero attached hydrogens (tertiary/aromatic N) is 2. The Hall–Kier alpha value is -1.81. The predicted octanol–water partition coefficient (Wildman–Crippen LogP) is 1.25. The third-order valence-electron chi connectivity index (χ3n) is 3.01. The molecule has 0 spiro atoms. The molecule has 1 aliphatic rings. The standard InChI is InChI=1S/C12H14F3N3O3S/c1-18(22(2,19)20)7-8-3-5-9(6-4-8)10-16-11(21-17-10)12(13,14)15/h3-6,11H,7H2,1-2H3,(H,16,17). The lowest BCUT2D eigenvalue weighted by Gasteiger charge is -2.14. The molecule has 10 heteroatoms. The lowest BCUT2D eigenvalue weighted by atomic mass is 10.1. The van der Waals surface area contributed by atoms with Gasteiger partial charge in [0, 0.05) is 19.2 Å². The van der Waals surface area contributed by atoms with Crippen LogP contribution in [0.4, 0.5) is 13.2 Å². The van der Waals surface area contributed by atoms with E-state index in [4.69, 9.17) is 0 Å².